The van der Waals surface area contributed by atoms with Gasteiger partial charge < -0.3 is 19.4 Å². The van der Waals surface area contributed by atoms with Crippen LogP contribution in [0.5, 0.6) is 5.75 Å². The van der Waals surface area contributed by atoms with Crippen molar-refractivity contribution in [2.45, 2.75) is 31.5 Å². The Morgan fingerprint density at radius 3 is 2.62 bits per heavy atom. The molecule has 4 aromatic rings. The summed E-state index contributed by atoms with van der Waals surface area (Å²) in [6.07, 6.45) is 1.32. The highest BCUT2D eigenvalue weighted by Crippen LogP contribution is 2.36. The topological polar surface area (TPSA) is 95.3 Å². The third-order valence-corrected chi connectivity index (χ3v) is 8.12. The second-order valence-electron chi connectivity index (χ2n) is 8.36. The molecule has 210 valence electrons. The van der Waals surface area contributed by atoms with E-state index in [0.29, 0.717) is 63.1 Å². The number of nitrogens with one attached hydrogen (secondary N) is 1. The van der Waals surface area contributed by atoms with E-state index in [1.165, 1.54) is 42.3 Å². The van der Waals surface area contributed by atoms with Crippen LogP contribution in [0.2, 0.25) is 10.0 Å². The fourth-order valence-electron chi connectivity index (χ4n) is 3.82. The second-order valence-corrected chi connectivity index (χ2v) is 11.0. The number of hydrogen-bond acceptors (Lipinski definition) is 8. The number of esters is 1. The number of anilines is 1. The Balaban J connectivity index is 1.35. The number of halogens is 3. The van der Waals surface area contributed by atoms with Gasteiger partial charge in [-0.25, -0.2) is 9.18 Å². The number of hydrogen-bond donors (Lipinski definition) is 1. The quantitative estimate of drug-likeness (QED) is 0.103. The summed E-state index contributed by atoms with van der Waals surface area (Å²) in [7, 11) is 1.27. The van der Waals surface area contributed by atoms with E-state index in [0.717, 1.165) is 5.82 Å². The van der Waals surface area contributed by atoms with E-state index < -0.39 is 5.97 Å². The third-order valence-electron chi connectivity index (χ3n) is 5.73. The molecule has 4 rings (SSSR count). The maximum absolute atomic E-state index is 13.4. The third kappa shape index (κ3) is 7.34. The standard InChI is InChI=1S/C27H25Cl2FN4O4S2/c1-3-34-22(5-4-12-38-21-11-8-17(28)13-20(21)29)32-33-27(34)40-15-23(35)31-25-24(26(36)37-2)19(14-39-25)16-6-9-18(30)10-7-16/h6-11,13-14H,3-5,12,15H2,1-2H3,(H,31,35). The van der Waals surface area contributed by atoms with Crippen LogP contribution in [0.25, 0.3) is 11.1 Å². The molecule has 0 radical (unpaired) electrons. The summed E-state index contributed by atoms with van der Waals surface area (Å²) >= 11 is 14.5. The molecule has 0 saturated heterocycles. The minimum atomic E-state index is -0.596. The van der Waals surface area contributed by atoms with Crippen molar-refractivity contribution in [3.8, 4) is 16.9 Å². The minimum Gasteiger partial charge on any atom is -0.492 e. The Morgan fingerprint density at radius 2 is 1.93 bits per heavy atom. The summed E-state index contributed by atoms with van der Waals surface area (Å²) in [6, 6.07) is 10.8. The van der Waals surface area contributed by atoms with E-state index in [2.05, 4.69) is 15.5 Å². The lowest BCUT2D eigenvalue weighted by molar-refractivity contribution is -0.113. The van der Waals surface area contributed by atoms with Crippen LogP contribution in [0.1, 0.15) is 29.5 Å². The number of rotatable bonds is 12. The molecular weight excluding hydrogens is 598 g/mol. The molecular formula is C27H25Cl2FN4O4S2. The van der Waals surface area contributed by atoms with Gasteiger partial charge in [-0.15, -0.1) is 21.5 Å². The average molecular weight is 624 g/mol. The monoisotopic (exact) mass is 622 g/mol. The van der Waals surface area contributed by atoms with Gasteiger partial charge in [0.15, 0.2) is 5.16 Å². The van der Waals surface area contributed by atoms with E-state index in [4.69, 9.17) is 32.7 Å². The molecule has 2 aromatic carbocycles. The minimum absolute atomic E-state index is 0.0563. The lowest BCUT2D eigenvalue weighted by Crippen LogP contribution is -2.16. The highest BCUT2D eigenvalue weighted by molar-refractivity contribution is 7.99. The van der Waals surface area contributed by atoms with Crippen molar-refractivity contribution in [3.63, 3.8) is 0 Å². The first-order valence-electron chi connectivity index (χ1n) is 12.2. The number of carbonyl (C=O) groups is 2. The zero-order chi connectivity index (χ0) is 28.6. The number of nitrogens with zero attached hydrogens (tertiary/aromatic N) is 3. The number of thioether (sulfide) groups is 1. The van der Waals surface area contributed by atoms with Crippen molar-refractivity contribution in [3.05, 3.63) is 75.1 Å². The van der Waals surface area contributed by atoms with Gasteiger partial charge in [0.05, 0.1) is 24.5 Å². The van der Waals surface area contributed by atoms with Crippen LogP contribution in [0.4, 0.5) is 9.39 Å². The van der Waals surface area contributed by atoms with Crippen LogP contribution < -0.4 is 10.1 Å². The van der Waals surface area contributed by atoms with Gasteiger partial charge in [0.1, 0.15) is 28.0 Å². The summed E-state index contributed by atoms with van der Waals surface area (Å²) in [5.41, 5.74) is 1.41. The molecule has 40 heavy (non-hydrogen) atoms. The Bertz CT molecular complexity index is 1490. The van der Waals surface area contributed by atoms with Crippen molar-refractivity contribution >= 4 is 63.2 Å². The molecule has 0 unspecified atom stereocenters. The van der Waals surface area contributed by atoms with Crippen LogP contribution in [0.3, 0.4) is 0 Å². The number of aryl methyl sites for hydroxylation is 1. The summed E-state index contributed by atoms with van der Waals surface area (Å²) in [4.78, 5) is 25.4. The predicted molar refractivity (Wildman–Crippen MR) is 156 cm³/mol. The fraction of sp³-hybridized carbons (Fsp3) is 0.259. The van der Waals surface area contributed by atoms with Crippen molar-refractivity contribution < 1.29 is 23.5 Å². The lowest BCUT2D eigenvalue weighted by Gasteiger charge is -2.10. The van der Waals surface area contributed by atoms with Crippen LogP contribution in [-0.4, -0.2) is 46.1 Å². The lowest BCUT2D eigenvalue weighted by atomic mass is 10.0. The predicted octanol–water partition coefficient (Wildman–Crippen LogP) is 7.00. The largest absolute Gasteiger partial charge is 0.492 e. The Labute approximate surface area is 248 Å². The van der Waals surface area contributed by atoms with E-state index >= 15 is 0 Å². The Morgan fingerprint density at radius 1 is 1.15 bits per heavy atom. The normalized spacial score (nSPS) is 10.9. The fourth-order valence-corrected chi connectivity index (χ4v) is 6.08. The summed E-state index contributed by atoms with van der Waals surface area (Å²) in [5.74, 6) is 0.107. The van der Waals surface area contributed by atoms with Crippen LogP contribution in [0.15, 0.2) is 53.0 Å². The van der Waals surface area contributed by atoms with Gasteiger partial charge in [-0.1, -0.05) is 47.1 Å². The molecule has 0 atom stereocenters. The van der Waals surface area contributed by atoms with E-state index in [9.17, 15) is 14.0 Å². The van der Waals surface area contributed by atoms with Gasteiger partial charge in [0, 0.05) is 28.9 Å². The van der Waals surface area contributed by atoms with Gasteiger partial charge in [-0.05, 0) is 49.2 Å². The highest BCUT2D eigenvalue weighted by Gasteiger charge is 2.23. The number of aromatic nitrogens is 3. The summed E-state index contributed by atoms with van der Waals surface area (Å²) in [5, 5.41) is 15.0. The average Bonchev–Trinajstić information content (AvgIpc) is 3.54. The van der Waals surface area contributed by atoms with E-state index in [1.807, 2.05) is 11.5 Å². The maximum Gasteiger partial charge on any atom is 0.341 e. The number of carbonyl (C=O) groups excluding carboxylic acids is 2. The molecule has 1 N–H and O–H groups in total. The zero-order valence-corrected chi connectivity index (χ0v) is 24.7. The number of ether oxygens (including phenoxy) is 2. The summed E-state index contributed by atoms with van der Waals surface area (Å²) in [6.45, 7) is 3.05. The molecule has 8 nitrogen and oxygen atoms in total. The van der Waals surface area contributed by atoms with Gasteiger partial charge in [-0.2, -0.15) is 0 Å². The van der Waals surface area contributed by atoms with Crippen molar-refractivity contribution in [1.29, 1.82) is 0 Å². The van der Waals surface area contributed by atoms with Gasteiger partial charge in [0.2, 0.25) is 5.91 Å². The highest BCUT2D eigenvalue weighted by atomic mass is 35.5. The summed E-state index contributed by atoms with van der Waals surface area (Å²) < 4.78 is 26.0. The molecule has 0 aliphatic heterocycles. The van der Waals surface area contributed by atoms with Gasteiger partial charge in [0.25, 0.3) is 0 Å². The molecule has 1 amide bonds. The van der Waals surface area contributed by atoms with Crippen molar-refractivity contribution in [1.82, 2.24) is 14.8 Å². The van der Waals surface area contributed by atoms with Crippen LogP contribution in [0, 0.1) is 5.82 Å². The molecule has 0 spiro atoms. The first-order valence-corrected chi connectivity index (χ1v) is 14.8. The SMILES string of the molecule is CCn1c(CCCOc2ccc(Cl)cc2Cl)nnc1SCC(=O)Nc1scc(-c2ccc(F)cc2)c1C(=O)OC. The molecule has 0 aliphatic carbocycles. The first kappa shape index (κ1) is 29.9. The second kappa shape index (κ2) is 14.0. The number of methoxy groups -OCH3 is 1. The molecule has 0 aliphatic rings. The molecule has 2 aromatic heterocycles. The number of amides is 1. The maximum atomic E-state index is 13.4. The molecule has 0 saturated carbocycles. The smallest absolute Gasteiger partial charge is 0.341 e. The molecule has 0 fully saturated rings. The van der Waals surface area contributed by atoms with Crippen LogP contribution in [-0.2, 0) is 22.5 Å². The number of benzene rings is 2. The molecule has 13 heteroatoms. The van der Waals surface area contributed by atoms with Gasteiger partial charge >= 0.3 is 5.97 Å². The number of thiophene rings is 1. The van der Waals surface area contributed by atoms with E-state index in [-0.39, 0.29) is 23.0 Å². The Hall–Kier alpha value is -3.12. The molecule has 2 heterocycles. The zero-order valence-electron chi connectivity index (χ0n) is 21.6. The van der Waals surface area contributed by atoms with Crippen molar-refractivity contribution in [2.75, 3.05) is 24.8 Å². The van der Waals surface area contributed by atoms with Crippen LogP contribution >= 0.6 is 46.3 Å². The van der Waals surface area contributed by atoms with Gasteiger partial charge in [-0.3, -0.25) is 4.79 Å². The Kier molecular flexibility index (Phi) is 10.4. The van der Waals surface area contributed by atoms with Crippen molar-refractivity contribution in [2.24, 2.45) is 0 Å². The van der Waals surface area contributed by atoms with E-state index in [1.54, 1.807) is 35.7 Å². The first-order chi connectivity index (χ1) is 19.3. The molecule has 0 bridgehead atoms.